The number of ether oxygens (including phenoxy) is 2. The van der Waals surface area contributed by atoms with Gasteiger partial charge in [0.25, 0.3) is 0 Å². The Morgan fingerprint density at radius 1 is 0.871 bits per heavy atom. The number of hydrogen-bond donors (Lipinski definition) is 0. The highest BCUT2D eigenvalue weighted by Crippen LogP contribution is 2.13. The number of aryl methyl sites for hydroxylation is 2. The molecule has 168 valence electrons. The molecule has 0 atom stereocenters. The zero-order chi connectivity index (χ0) is 22.5. The van der Waals surface area contributed by atoms with Crippen molar-refractivity contribution >= 4 is 24.2 Å². The van der Waals surface area contributed by atoms with E-state index in [1.54, 1.807) is 6.20 Å². The minimum Gasteiger partial charge on any atom is -0.378 e. The van der Waals surface area contributed by atoms with Gasteiger partial charge in [-0.1, -0.05) is 0 Å². The Morgan fingerprint density at radius 2 is 1.42 bits per heavy atom. The topological polar surface area (TPSA) is 111 Å². The molecule has 0 radical (unpaired) electrons. The molecule has 0 bridgehead atoms. The van der Waals surface area contributed by atoms with Gasteiger partial charge in [-0.3, -0.25) is 4.79 Å². The van der Waals surface area contributed by atoms with Gasteiger partial charge in [0.1, 0.15) is 23.7 Å². The zero-order valence-corrected chi connectivity index (χ0v) is 18.4. The molecule has 10 nitrogen and oxygen atoms in total. The fourth-order valence-electron chi connectivity index (χ4n) is 2.99. The molecule has 0 N–H and O–H groups in total. The Bertz CT molecular complexity index is 823. The van der Waals surface area contributed by atoms with Crippen molar-refractivity contribution < 1.29 is 19.1 Å². The van der Waals surface area contributed by atoms with Crippen LogP contribution in [0.15, 0.2) is 18.3 Å². The molecule has 0 aliphatic carbocycles. The van der Waals surface area contributed by atoms with Crippen molar-refractivity contribution in [3.8, 4) is 0 Å². The third-order valence-electron chi connectivity index (χ3n) is 4.39. The number of morpholine rings is 2. The van der Waals surface area contributed by atoms with Gasteiger partial charge in [-0.2, -0.15) is 0 Å². The number of nitrogens with zero attached hydrogens (tertiary/aromatic N) is 6. The monoisotopic (exact) mass is 430 g/mol. The van der Waals surface area contributed by atoms with Crippen molar-refractivity contribution in [3.63, 3.8) is 0 Å². The maximum atomic E-state index is 10.6. The Hall–Kier alpha value is -2.98. The number of aromatic nitrogens is 4. The molecule has 0 aromatic carbocycles. The highest BCUT2D eigenvalue weighted by molar-refractivity contribution is 5.69. The molecule has 31 heavy (non-hydrogen) atoms. The lowest BCUT2D eigenvalue weighted by Crippen LogP contribution is -2.37. The van der Waals surface area contributed by atoms with E-state index in [1.807, 2.05) is 26.0 Å². The van der Waals surface area contributed by atoms with Crippen LogP contribution in [0.25, 0.3) is 0 Å². The van der Waals surface area contributed by atoms with Gasteiger partial charge in [-0.15, -0.1) is 0 Å². The first-order valence-electron chi connectivity index (χ1n) is 10.2. The van der Waals surface area contributed by atoms with Crippen LogP contribution in [0.5, 0.6) is 0 Å². The third-order valence-corrected chi connectivity index (χ3v) is 4.39. The highest BCUT2D eigenvalue weighted by Gasteiger charge is 2.14. The Labute approximate surface area is 182 Å². The highest BCUT2D eigenvalue weighted by atomic mass is 16.5. The summed E-state index contributed by atoms with van der Waals surface area (Å²) in [6.07, 6.45) is 3.23. The Morgan fingerprint density at radius 3 is 1.94 bits per heavy atom. The van der Waals surface area contributed by atoms with E-state index in [4.69, 9.17) is 14.3 Å². The predicted octanol–water partition coefficient (Wildman–Crippen LogP) is 1.26. The molecule has 4 heterocycles. The van der Waals surface area contributed by atoms with Crippen molar-refractivity contribution in [2.75, 3.05) is 62.4 Å². The minimum absolute atomic E-state index is 0.247. The summed E-state index contributed by atoms with van der Waals surface area (Å²) in [7, 11) is 0. The van der Waals surface area contributed by atoms with Gasteiger partial charge in [0.05, 0.1) is 26.4 Å². The summed E-state index contributed by atoms with van der Waals surface area (Å²) in [5.41, 5.74) is 0.814. The standard InChI is InChI=1S/C10H13N3O2.C9H13N3O.C2H4O/c1-8-6-10(12-9(7-14)11-8)13-2-4-15-5-3-13;1-8-10-3-2-9(11-8)12-4-6-13-7-5-12;1-2-3/h6-7H,2-5H2,1H3;2-3H,4-7H2,1H3;2H,1H3. The number of aldehydes is 2. The van der Waals surface area contributed by atoms with Crippen LogP contribution in [-0.2, 0) is 14.3 Å². The third kappa shape index (κ3) is 8.35. The average Bonchev–Trinajstić information content (AvgIpc) is 2.81. The molecule has 2 saturated heterocycles. The van der Waals surface area contributed by atoms with Gasteiger partial charge in [0.15, 0.2) is 12.1 Å². The summed E-state index contributed by atoms with van der Waals surface area (Å²) in [6, 6.07) is 3.83. The first kappa shape index (κ1) is 24.3. The van der Waals surface area contributed by atoms with E-state index in [2.05, 4.69) is 29.7 Å². The van der Waals surface area contributed by atoms with E-state index in [1.165, 1.54) is 6.92 Å². The minimum atomic E-state index is 0.247. The average molecular weight is 431 g/mol. The van der Waals surface area contributed by atoms with Crippen molar-refractivity contribution in [2.24, 2.45) is 0 Å². The van der Waals surface area contributed by atoms with Gasteiger partial charge in [0.2, 0.25) is 0 Å². The molecular weight excluding hydrogens is 400 g/mol. The summed E-state index contributed by atoms with van der Waals surface area (Å²) < 4.78 is 10.5. The van der Waals surface area contributed by atoms with Crippen LogP contribution in [0.3, 0.4) is 0 Å². The number of rotatable bonds is 3. The molecule has 0 spiro atoms. The molecule has 4 rings (SSSR count). The van der Waals surface area contributed by atoms with Crippen molar-refractivity contribution in [1.82, 2.24) is 19.9 Å². The molecule has 0 saturated carbocycles. The second kappa shape index (κ2) is 13.3. The zero-order valence-electron chi connectivity index (χ0n) is 18.4. The van der Waals surface area contributed by atoms with Crippen LogP contribution in [0.4, 0.5) is 11.6 Å². The second-order valence-electron chi connectivity index (χ2n) is 6.74. The van der Waals surface area contributed by atoms with Crippen molar-refractivity contribution in [3.05, 3.63) is 35.7 Å². The molecule has 10 heteroatoms. The molecule has 2 fully saturated rings. The number of anilines is 2. The summed E-state index contributed by atoms with van der Waals surface area (Å²) in [5.74, 6) is 2.89. The van der Waals surface area contributed by atoms with Gasteiger partial charge < -0.3 is 24.1 Å². The maximum absolute atomic E-state index is 10.6. The largest absolute Gasteiger partial charge is 0.378 e. The molecule has 2 aliphatic heterocycles. The number of carbonyl (C=O) groups excluding carboxylic acids is 2. The Kier molecular flexibility index (Phi) is 10.5. The van der Waals surface area contributed by atoms with Crippen molar-refractivity contribution in [2.45, 2.75) is 20.8 Å². The lowest BCUT2D eigenvalue weighted by Gasteiger charge is -2.27. The van der Waals surface area contributed by atoms with Crippen LogP contribution in [0.1, 0.15) is 29.1 Å². The molecule has 0 unspecified atom stereocenters. The molecule has 2 aromatic heterocycles. The van der Waals surface area contributed by atoms with Gasteiger partial charge in [-0.05, 0) is 26.8 Å². The summed E-state index contributed by atoms with van der Waals surface area (Å²) in [6.45, 7) is 11.7. The van der Waals surface area contributed by atoms with Crippen LogP contribution in [0, 0.1) is 13.8 Å². The van der Waals surface area contributed by atoms with E-state index in [9.17, 15) is 4.79 Å². The van der Waals surface area contributed by atoms with Crippen LogP contribution in [-0.4, -0.2) is 85.1 Å². The molecule has 2 aliphatic rings. The number of carbonyl (C=O) groups is 2. The number of hydrogen-bond acceptors (Lipinski definition) is 10. The summed E-state index contributed by atoms with van der Waals surface area (Å²) in [5, 5.41) is 0. The smallest absolute Gasteiger partial charge is 0.194 e. The van der Waals surface area contributed by atoms with Gasteiger partial charge in [0, 0.05) is 44.1 Å². The molecule has 2 aromatic rings. The van der Waals surface area contributed by atoms with E-state index in [-0.39, 0.29) is 5.82 Å². The second-order valence-corrected chi connectivity index (χ2v) is 6.74. The van der Waals surface area contributed by atoms with E-state index in [0.717, 1.165) is 68.8 Å². The molecule has 0 amide bonds. The quantitative estimate of drug-likeness (QED) is 0.660. The predicted molar refractivity (Wildman–Crippen MR) is 117 cm³/mol. The lowest BCUT2D eigenvalue weighted by molar-refractivity contribution is -0.106. The van der Waals surface area contributed by atoms with E-state index >= 15 is 0 Å². The normalized spacial score (nSPS) is 15.7. The van der Waals surface area contributed by atoms with Crippen LogP contribution in [0.2, 0.25) is 0 Å². The lowest BCUT2D eigenvalue weighted by atomic mass is 10.3. The SMILES string of the molecule is CC=O.Cc1cc(N2CCOCC2)nc(C=O)n1.Cc1nccc(N2CCOCC2)n1. The first-order chi connectivity index (χ1) is 15.1. The fraction of sp³-hybridized carbons (Fsp3) is 0.524. The maximum Gasteiger partial charge on any atom is 0.194 e. The van der Waals surface area contributed by atoms with Gasteiger partial charge in [-0.25, -0.2) is 19.9 Å². The van der Waals surface area contributed by atoms with E-state index in [0.29, 0.717) is 19.5 Å². The van der Waals surface area contributed by atoms with Crippen LogP contribution >= 0.6 is 0 Å². The first-order valence-corrected chi connectivity index (χ1v) is 10.2. The summed E-state index contributed by atoms with van der Waals surface area (Å²) >= 11 is 0. The Balaban J connectivity index is 0.000000197. The van der Waals surface area contributed by atoms with Gasteiger partial charge >= 0.3 is 0 Å². The molecular formula is C21H30N6O4. The van der Waals surface area contributed by atoms with E-state index < -0.39 is 0 Å². The summed E-state index contributed by atoms with van der Waals surface area (Å²) in [4.78, 5) is 40.4. The van der Waals surface area contributed by atoms with Crippen LogP contribution < -0.4 is 9.80 Å². The van der Waals surface area contributed by atoms with Crippen molar-refractivity contribution in [1.29, 1.82) is 0 Å². The fourth-order valence-corrected chi connectivity index (χ4v) is 2.99.